The molecule has 8 aromatic carbocycles. The van der Waals surface area contributed by atoms with E-state index in [0.717, 1.165) is 118 Å². The number of benzene rings is 8. The number of rotatable bonds is 6. The number of ether oxygens (including phenoxy) is 2. The average Bonchev–Trinajstić information content (AvgIpc) is 0.917. The van der Waals surface area contributed by atoms with E-state index >= 15 is 0 Å². The first-order chi connectivity index (χ1) is 40.8. The van der Waals surface area contributed by atoms with Gasteiger partial charge in [0.25, 0.3) is 0 Å². The minimum absolute atomic E-state index is 0.186. The number of aromatic hydroxyl groups is 4. The van der Waals surface area contributed by atoms with E-state index in [1.807, 2.05) is 0 Å². The first-order valence-corrected chi connectivity index (χ1v) is 33.4. The summed E-state index contributed by atoms with van der Waals surface area (Å²) in [5.41, 5.74) is 16.4. The second kappa shape index (κ2) is 25.0. The third kappa shape index (κ3) is 15.4. The van der Waals surface area contributed by atoms with Crippen molar-refractivity contribution in [2.45, 2.75) is 209 Å². The van der Waals surface area contributed by atoms with Crippen LogP contribution in [-0.2, 0) is 84.2 Å². The Bertz CT molecular complexity index is 3460. The molecule has 0 saturated heterocycles. The number of phenolic OH excluding ortho intramolecular Hbond substituents is 4. The van der Waals surface area contributed by atoms with Gasteiger partial charge in [0, 0.05) is 45.7 Å². The molecule has 0 spiro atoms. The number of fused-ring (bicyclic) bond motifs is 12. The summed E-state index contributed by atoms with van der Waals surface area (Å²) in [6, 6.07) is 43.0. The Hall–Kier alpha value is -5.98. The highest BCUT2D eigenvalue weighted by Gasteiger charge is 2.30. The van der Waals surface area contributed by atoms with Crippen LogP contribution in [0.15, 0.2) is 121 Å². The van der Waals surface area contributed by atoms with Gasteiger partial charge in [-0.3, -0.25) is 0 Å². The predicted octanol–water partition coefficient (Wildman–Crippen LogP) is 20.5. The molecule has 88 heavy (non-hydrogen) atoms. The lowest BCUT2D eigenvalue weighted by Gasteiger charge is -2.28. The first kappa shape index (κ1) is 66.4. The van der Waals surface area contributed by atoms with Crippen LogP contribution in [-0.4, -0.2) is 20.4 Å². The van der Waals surface area contributed by atoms with Crippen molar-refractivity contribution in [2.24, 2.45) is 0 Å². The van der Waals surface area contributed by atoms with Gasteiger partial charge in [0.1, 0.15) is 47.7 Å². The fourth-order valence-electron chi connectivity index (χ4n) is 11.8. The van der Waals surface area contributed by atoms with Crippen LogP contribution < -0.4 is 9.47 Å². The fraction of sp³-hybridized carbons (Fsp3) is 0.400. The van der Waals surface area contributed by atoms with Crippen LogP contribution in [0.25, 0.3) is 0 Å². The van der Waals surface area contributed by atoms with Crippen molar-refractivity contribution in [3.05, 3.63) is 240 Å². The molecule has 6 nitrogen and oxygen atoms in total. The minimum atomic E-state index is -0.300. The quantitative estimate of drug-likeness (QED) is 0.124. The molecule has 0 radical (unpaired) electrons. The molecule has 0 aliphatic heterocycles. The van der Waals surface area contributed by atoms with Gasteiger partial charge in [-0.05, 0) is 213 Å². The van der Waals surface area contributed by atoms with Crippen molar-refractivity contribution in [1.82, 2.24) is 0 Å². The molecule has 0 saturated carbocycles. The van der Waals surface area contributed by atoms with Crippen molar-refractivity contribution in [2.75, 3.05) is 0 Å². The lowest BCUT2D eigenvalue weighted by Crippen LogP contribution is -2.16. The second-order valence-electron chi connectivity index (χ2n) is 31.2. The molecule has 1 aliphatic rings. The van der Waals surface area contributed by atoms with Crippen LogP contribution in [0.2, 0.25) is 0 Å². The molecule has 12 bridgehead atoms. The van der Waals surface area contributed by atoms with Crippen LogP contribution in [0.3, 0.4) is 0 Å². The third-order valence-electron chi connectivity index (χ3n) is 17.6. The van der Waals surface area contributed by atoms with Gasteiger partial charge >= 0.3 is 0 Å². The zero-order chi connectivity index (χ0) is 64.4. The maximum atomic E-state index is 13.0. The normalized spacial score (nSPS) is 13.7. The van der Waals surface area contributed by atoms with E-state index < -0.39 is 0 Å². The highest BCUT2D eigenvalue weighted by Crippen LogP contribution is 2.46. The summed E-state index contributed by atoms with van der Waals surface area (Å²) in [5.74, 6) is 2.17. The van der Waals surface area contributed by atoms with Crippen molar-refractivity contribution in [3.63, 3.8) is 0 Å². The monoisotopic (exact) mass is 1400 g/mol. The Labute approximate surface area is 553 Å². The van der Waals surface area contributed by atoms with E-state index in [1.54, 1.807) is 0 Å². The molecule has 1 aliphatic carbocycles. The lowest BCUT2D eigenvalue weighted by atomic mass is 9.79. The molecule has 0 amide bonds. The number of phenols is 4. The Balaban J connectivity index is 1.38. The molecular weight excluding hydrogens is 1310 g/mol. The topological polar surface area (TPSA) is 99.4 Å². The van der Waals surface area contributed by atoms with Crippen LogP contribution in [0.4, 0.5) is 0 Å². The van der Waals surface area contributed by atoms with Gasteiger partial charge in [0.15, 0.2) is 0 Å². The smallest absolute Gasteiger partial charge is 0.126 e. The second-order valence-corrected chi connectivity index (χ2v) is 33.7. The van der Waals surface area contributed by atoms with E-state index in [0.29, 0.717) is 50.4 Å². The van der Waals surface area contributed by atoms with E-state index in [1.165, 1.54) is 0 Å². The molecule has 464 valence electrons. The first-order valence-electron chi connectivity index (χ1n) is 31.3. The maximum Gasteiger partial charge on any atom is 0.126 e. The van der Waals surface area contributed by atoms with Crippen molar-refractivity contribution in [1.29, 1.82) is 0 Å². The Kier molecular flexibility index (Phi) is 18.9. The third-order valence-corrected chi connectivity index (χ3v) is 19.1. The van der Waals surface area contributed by atoms with Crippen LogP contribution in [0.5, 0.6) is 34.5 Å². The zero-order valence-corrected chi connectivity index (χ0v) is 59.9. The molecule has 0 fully saturated rings. The summed E-state index contributed by atoms with van der Waals surface area (Å²) in [4.78, 5) is 0. The van der Waals surface area contributed by atoms with Gasteiger partial charge in [-0.25, -0.2) is 0 Å². The molecule has 0 atom stereocenters. The fourth-order valence-corrected chi connectivity index (χ4v) is 12.5. The van der Waals surface area contributed by atoms with E-state index in [9.17, 15) is 20.4 Å². The number of hydrogen-bond donors (Lipinski definition) is 4. The number of hydrogen-bond acceptors (Lipinski definition) is 6. The molecule has 0 heterocycles. The van der Waals surface area contributed by atoms with Gasteiger partial charge in [0.2, 0.25) is 0 Å². The van der Waals surface area contributed by atoms with Gasteiger partial charge in [-0.1, -0.05) is 222 Å². The number of halogens is 2. The molecule has 8 heteroatoms. The predicted molar refractivity (Wildman–Crippen MR) is 381 cm³/mol. The molecular formula is C80H94I2O6. The largest absolute Gasteiger partial charge is 0.507 e. The lowest BCUT2D eigenvalue weighted by molar-refractivity contribution is 0.300. The van der Waals surface area contributed by atoms with Gasteiger partial charge in [0.05, 0.1) is 0 Å². The van der Waals surface area contributed by atoms with Gasteiger partial charge < -0.3 is 29.9 Å². The summed E-state index contributed by atoms with van der Waals surface area (Å²) in [5, 5.41) is 52.1. The van der Waals surface area contributed by atoms with E-state index in [4.69, 9.17) is 9.47 Å². The van der Waals surface area contributed by atoms with Gasteiger partial charge in [-0.15, -0.1) is 0 Å². The maximum absolute atomic E-state index is 13.0. The summed E-state index contributed by atoms with van der Waals surface area (Å²) < 4.78 is 16.6. The van der Waals surface area contributed by atoms with Crippen LogP contribution >= 0.6 is 45.2 Å². The highest BCUT2D eigenvalue weighted by molar-refractivity contribution is 14.1. The average molecular weight is 1410 g/mol. The van der Waals surface area contributed by atoms with Crippen molar-refractivity contribution >= 4 is 45.2 Å². The van der Waals surface area contributed by atoms with Crippen molar-refractivity contribution < 1.29 is 29.9 Å². The molecule has 9 rings (SSSR count). The minimum Gasteiger partial charge on any atom is -0.507 e. The van der Waals surface area contributed by atoms with Gasteiger partial charge in [-0.2, -0.15) is 0 Å². The zero-order valence-electron chi connectivity index (χ0n) is 55.6. The summed E-state index contributed by atoms with van der Waals surface area (Å²) in [7, 11) is 0. The summed E-state index contributed by atoms with van der Waals surface area (Å²) >= 11 is 4.67. The van der Waals surface area contributed by atoms with E-state index in [2.05, 4.69) is 291 Å². The van der Waals surface area contributed by atoms with Crippen LogP contribution in [0.1, 0.15) is 236 Å². The highest BCUT2D eigenvalue weighted by atomic mass is 127. The van der Waals surface area contributed by atoms with Crippen molar-refractivity contribution in [3.8, 4) is 34.5 Å². The Morgan fingerprint density at radius 2 is 0.432 bits per heavy atom. The Morgan fingerprint density at radius 3 is 0.602 bits per heavy atom. The van der Waals surface area contributed by atoms with Crippen LogP contribution in [0, 0.1) is 7.14 Å². The summed E-state index contributed by atoms with van der Waals surface area (Å²) in [6.07, 6.45) is 1.95. The molecule has 8 aromatic rings. The molecule has 0 aromatic heterocycles. The SMILES string of the molecule is CC(C)(C)c1cc2c(O)c(c1)Cc1cc(C(C)(C)C)cc(c1OCc1ccc(I)cc1)Cc1cc(C(C)(C)C)cc(c1O)Cc1cc(C(C)(C)C)cc(c1O)Cc1cc(C(C)(C)C)cc(c1OCc1ccc(I)cc1)Cc1cc(C(C)(C)C)cc(c1O)C2. The molecule has 0 unspecified atom stereocenters. The molecule has 4 N–H and O–H groups in total. The van der Waals surface area contributed by atoms with E-state index in [-0.39, 0.29) is 68.3 Å². The summed E-state index contributed by atoms with van der Waals surface area (Å²) in [6.45, 7) is 40.5. The standard InChI is InChI=1S/C80H94I2O6/c1-75(2,3)61-33-49-27-50-34-62(76(4,5)6)38-54(70(50)84)30-59-43-66(80(16,17)18)44-60(74(59)88-46-48-21-25-68(82)26-22-48)32-56-40-64(78(10,11)12)36-52(72(56)86)28-51-35-63(77(7,8)9)39-55(71(51)85)31-58-42-65(79(13,14)15)41-57(29-53(37-61)69(49)83)73(58)87-45-47-19-23-67(81)24-20-47/h19-26,33-44,83-86H,27-32,45-46H2,1-18H3. The Morgan fingerprint density at radius 1 is 0.273 bits per heavy atom.